The van der Waals surface area contributed by atoms with Gasteiger partial charge >= 0.3 is 0 Å². The normalized spacial score (nSPS) is 17.0. The average Bonchev–Trinajstić information content (AvgIpc) is 3.42. The Balaban J connectivity index is 1.37. The number of hydrogen-bond acceptors (Lipinski definition) is 4. The van der Waals surface area contributed by atoms with Crippen LogP contribution in [0.25, 0.3) is 11.3 Å². The van der Waals surface area contributed by atoms with Crippen LogP contribution in [-0.2, 0) is 23.2 Å². The van der Waals surface area contributed by atoms with E-state index in [0.29, 0.717) is 23.9 Å². The number of carbonyl (C=O) groups is 1. The molecule has 1 amide bonds. The van der Waals surface area contributed by atoms with Gasteiger partial charge in [0.25, 0.3) is 0 Å². The molecule has 0 atom stereocenters. The third kappa shape index (κ3) is 3.19. The van der Waals surface area contributed by atoms with Gasteiger partial charge in [-0.3, -0.25) is 4.79 Å². The van der Waals surface area contributed by atoms with Crippen LogP contribution in [0.1, 0.15) is 29.7 Å². The van der Waals surface area contributed by atoms with Crippen molar-refractivity contribution in [2.45, 2.75) is 31.2 Å². The number of hydrogen-bond donors (Lipinski definition) is 0. The summed E-state index contributed by atoms with van der Waals surface area (Å²) in [5, 5.41) is 4.93. The lowest BCUT2D eigenvalue weighted by molar-refractivity contribution is -0.135. The fraction of sp³-hybridized carbons (Fsp3) is 0.304. The van der Waals surface area contributed by atoms with Gasteiger partial charge in [0, 0.05) is 29.7 Å². The Hall–Kier alpha value is -2.79. The number of amides is 1. The van der Waals surface area contributed by atoms with Crippen LogP contribution in [0.5, 0.6) is 5.75 Å². The van der Waals surface area contributed by atoms with Crippen LogP contribution < -0.4 is 4.74 Å². The van der Waals surface area contributed by atoms with Gasteiger partial charge in [-0.2, -0.15) is 0 Å². The molecule has 0 radical (unpaired) electrons. The molecule has 5 nitrogen and oxygen atoms in total. The summed E-state index contributed by atoms with van der Waals surface area (Å²) < 4.78 is 10.9. The van der Waals surface area contributed by atoms with Crippen LogP contribution in [0.3, 0.4) is 0 Å². The van der Waals surface area contributed by atoms with Crippen molar-refractivity contribution in [3.63, 3.8) is 0 Å². The van der Waals surface area contributed by atoms with E-state index in [9.17, 15) is 4.79 Å². The lowest BCUT2D eigenvalue weighted by atomic mass is 9.95. The maximum Gasteiger partial charge on any atom is 0.235 e. The molecule has 1 fully saturated rings. The summed E-state index contributed by atoms with van der Waals surface area (Å²) >= 11 is 5.96. The van der Waals surface area contributed by atoms with Gasteiger partial charge in [-0.1, -0.05) is 22.8 Å². The van der Waals surface area contributed by atoms with Gasteiger partial charge in [-0.05, 0) is 66.8 Å². The van der Waals surface area contributed by atoms with Gasteiger partial charge in [0.15, 0.2) is 5.76 Å². The summed E-state index contributed by atoms with van der Waals surface area (Å²) in [6.45, 7) is 1.34. The molecule has 2 aliphatic rings. The topological polar surface area (TPSA) is 55.6 Å². The number of ether oxygens (including phenoxy) is 1. The second-order valence-electron chi connectivity index (χ2n) is 7.78. The van der Waals surface area contributed by atoms with E-state index in [1.807, 2.05) is 41.3 Å². The van der Waals surface area contributed by atoms with Crippen molar-refractivity contribution in [2.24, 2.45) is 0 Å². The van der Waals surface area contributed by atoms with Crippen molar-refractivity contribution in [3.8, 4) is 17.1 Å². The first-order valence-electron chi connectivity index (χ1n) is 9.77. The van der Waals surface area contributed by atoms with E-state index < -0.39 is 5.41 Å². The Morgan fingerprint density at radius 3 is 2.66 bits per heavy atom. The molecule has 148 valence electrons. The second-order valence-corrected chi connectivity index (χ2v) is 8.21. The minimum Gasteiger partial charge on any atom is -0.497 e. The van der Waals surface area contributed by atoms with E-state index in [2.05, 4.69) is 17.3 Å². The maximum absolute atomic E-state index is 13.4. The molecule has 0 spiro atoms. The molecule has 0 saturated heterocycles. The van der Waals surface area contributed by atoms with E-state index in [-0.39, 0.29) is 5.91 Å². The lowest BCUT2D eigenvalue weighted by Crippen LogP contribution is -2.42. The Morgan fingerprint density at radius 2 is 1.93 bits per heavy atom. The smallest absolute Gasteiger partial charge is 0.235 e. The maximum atomic E-state index is 13.4. The van der Waals surface area contributed by atoms with E-state index in [4.69, 9.17) is 20.9 Å². The number of rotatable bonds is 4. The number of nitrogens with zero attached hydrogens (tertiary/aromatic N) is 2. The monoisotopic (exact) mass is 408 g/mol. The Bertz CT molecular complexity index is 1070. The second kappa shape index (κ2) is 6.92. The highest BCUT2D eigenvalue weighted by atomic mass is 35.5. The Kier molecular flexibility index (Phi) is 4.36. The molecular formula is C23H21ClN2O3. The largest absolute Gasteiger partial charge is 0.497 e. The molecular weight excluding hydrogens is 388 g/mol. The van der Waals surface area contributed by atoms with Crippen LogP contribution in [-0.4, -0.2) is 29.6 Å². The molecule has 1 saturated carbocycles. The molecule has 2 heterocycles. The van der Waals surface area contributed by atoms with Gasteiger partial charge in [-0.25, -0.2) is 0 Å². The van der Waals surface area contributed by atoms with Gasteiger partial charge in [-0.15, -0.1) is 0 Å². The number of methoxy groups -OCH3 is 1. The van der Waals surface area contributed by atoms with E-state index >= 15 is 0 Å². The molecule has 3 aromatic rings. The third-order valence-corrected chi connectivity index (χ3v) is 6.25. The van der Waals surface area contributed by atoms with Crippen molar-refractivity contribution in [1.29, 1.82) is 0 Å². The van der Waals surface area contributed by atoms with Gasteiger partial charge < -0.3 is 14.2 Å². The average molecular weight is 409 g/mol. The molecule has 6 heteroatoms. The SMILES string of the molecule is COc1ccc2c(c1)CCN(C(=O)C1(c3cc(-c4ccc(Cl)cc4)on3)CC1)C2. The van der Waals surface area contributed by atoms with Crippen LogP contribution in [0.4, 0.5) is 0 Å². The number of aromatic nitrogens is 1. The minimum absolute atomic E-state index is 0.148. The fourth-order valence-electron chi connectivity index (χ4n) is 4.09. The Morgan fingerprint density at radius 1 is 1.14 bits per heavy atom. The van der Waals surface area contributed by atoms with Gasteiger partial charge in [0.2, 0.25) is 5.91 Å². The van der Waals surface area contributed by atoms with Crippen LogP contribution >= 0.6 is 11.6 Å². The van der Waals surface area contributed by atoms with Crippen LogP contribution in [0.15, 0.2) is 53.1 Å². The molecule has 1 aliphatic heterocycles. The summed E-state index contributed by atoms with van der Waals surface area (Å²) in [7, 11) is 1.67. The summed E-state index contributed by atoms with van der Waals surface area (Å²) in [5.41, 5.74) is 3.52. The molecule has 0 unspecified atom stereocenters. The van der Waals surface area contributed by atoms with Crippen molar-refractivity contribution >= 4 is 17.5 Å². The zero-order valence-corrected chi connectivity index (χ0v) is 16.9. The Labute approximate surface area is 174 Å². The van der Waals surface area contributed by atoms with Gasteiger partial charge in [0.1, 0.15) is 5.75 Å². The summed E-state index contributed by atoms with van der Waals surface area (Å²) in [5.74, 6) is 1.67. The minimum atomic E-state index is -0.544. The van der Waals surface area contributed by atoms with Crippen molar-refractivity contribution < 1.29 is 14.1 Å². The predicted molar refractivity (Wildman–Crippen MR) is 110 cm³/mol. The zero-order valence-electron chi connectivity index (χ0n) is 16.2. The first kappa shape index (κ1) is 18.3. The van der Waals surface area contributed by atoms with Crippen LogP contribution in [0.2, 0.25) is 5.02 Å². The van der Waals surface area contributed by atoms with E-state index in [1.165, 1.54) is 11.1 Å². The van der Waals surface area contributed by atoms with Crippen molar-refractivity contribution in [3.05, 3.63) is 70.4 Å². The van der Waals surface area contributed by atoms with Gasteiger partial charge in [0.05, 0.1) is 18.2 Å². The molecule has 1 aromatic heterocycles. The number of benzene rings is 2. The van der Waals surface area contributed by atoms with Crippen molar-refractivity contribution in [2.75, 3.05) is 13.7 Å². The molecule has 5 rings (SSSR count). The quantitative estimate of drug-likeness (QED) is 0.632. The zero-order chi connectivity index (χ0) is 20.0. The summed E-state index contributed by atoms with van der Waals surface area (Å²) in [6, 6.07) is 15.4. The molecule has 0 N–H and O–H groups in total. The molecule has 29 heavy (non-hydrogen) atoms. The summed E-state index contributed by atoms with van der Waals surface area (Å²) in [4.78, 5) is 15.4. The van der Waals surface area contributed by atoms with E-state index in [0.717, 1.165) is 36.3 Å². The van der Waals surface area contributed by atoms with Crippen molar-refractivity contribution in [1.82, 2.24) is 10.1 Å². The first-order chi connectivity index (χ1) is 14.1. The summed E-state index contributed by atoms with van der Waals surface area (Å²) in [6.07, 6.45) is 2.46. The molecule has 2 aromatic carbocycles. The highest BCUT2D eigenvalue weighted by molar-refractivity contribution is 6.30. The molecule has 1 aliphatic carbocycles. The van der Waals surface area contributed by atoms with Crippen LogP contribution in [0, 0.1) is 0 Å². The highest BCUT2D eigenvalue weighted by Gasteiger charge is 2.55. The highest BCUT2D eigenvalue weighted by Crippen LogP contribution is 2.50. The first-order valence-corrected chi connectivity index (χ1v) is 10.2. The third-order valence-electron chi connectivity index (χ3n) is 6.00. The molecule has 0 bridgehead atoms. The number of carbonyl (C=O) groups excluding carboxylic acids is 1. The predicted octanol–water partition coefficient (Wildman–Crippen LogP) is 4.62. The fourth-order valence-corrected chi connectivity index (χ4v) is 4.21. The number of halogens is 1. The standard InChI is InChI=1S/C23H21ClN2O3/c1-28-19-7-4-17-14-26(11-8-16(17)12-19)22(27)23(9-10-23)21-13-20(29-25-21)15-2-5-18(24)6-3-15/h2-7,12-13H,8-11,14H2,1H3. The number of fused-ring (bicyclic) bond motifs is 1. The van der Waals surface area contributed by atoms with E-state index in [1.54, 1.807) is 7.11 Å². The lowest BCUT2D eigenvalue weighted by Gasteiger charge is -2.31.